The summed E-state index contributed by atoms with van der Waals surface area (Å²) in [6.07, 6.45) is -1.54. The summed E-state index contributed by atoms with van der Waals surface area (Å²) in [7, 11) is 0. The van der Waals surface area contributed by atoms with E-state index in [0.717, 1.165) is 18.9 Å². The van der Waals surface area contributed by atoms with E-state index >= 15 is 8.78 Å². The number of nitrogens with one attached hydrogen (secondary N) is 4. The number of amides is 4. The van der Waals surface area contributed by atoms with Crippen LogP contribution < -0.4 is 21.3 Å². The van der Waals surface area contributed by atoms with Crippen molar-refractivity contribution >= 4 is 41.2 Å². The van der Waals surface area contributed by atoms with Crippen LogP contribution in [0.15, 0.2) is 54.6 Å². The minimum Gasteiger partial charge on any atom is -0.434 e. The standard InChI is InChI=1S/C32H37ClF2N4O6/c1-18(2)15-25(29(42)38-24(16-20-13-14-36-28(20)41)26(40)30(43)37-23-11-12-23)39-31(44)45-27(19-7-4-3-5-8-19)32(34,35)21-9-6-10-22(33)17-21/h3-10,17-18,20,23-25,27H,11-16H2,1-2H3,(H,36,41)(H,37,43)(H,38,42)(H,39,44)/t20-,24-,25-,27+/m0/s1. The van der Waals surface area contributed by atoms with Gasteiger partial charge in [0.05, 0.1) is 6.04 Å². The van der Waals surface area contributed by atoms with Gasteiger partial charge in [0.15, 0.2) is 6.10 Å². The van der Waals surface area contributed by atoms with E-state index < -0.39 is 59.3 Å². The summed E-state index contributed by atoms with van der Waals surface area (Å²) in [6, 6.07) is 9.71. The maximum atomic E-state index is 15.9. The van der Waals surface area contributed by atoms with Gasteiger partial charge in [-0.05, 0) is 55.7 Å². The number of hydrogen-bond acceptors (Lipinski definition) is 6. The summed E-state index contributed by atoms with van der Waals surface area (Å²) >= 11 is 5.96. The number of rotatable bonds is 14. The second kappa shape index (κ2) is 14.8. The number of hydrogen-bond donors (Lipinski definition) is 4. The molecule has 2 aliphatic rings. The number of ether oxygens (including phenoxy) is 1. The summed E-state index contributed by atoms with van der Waals surface area (Å²) in [5.41, 5.74) is -0.473. The molecular formula is C32H37ClF2N4O6. The molecule has 0 unspecified atom stereocenters. The van der Waals surface area contributed by atoms with E-state index in [4.69, 9.17) is 16.3 Å². The molecule has 2 aromatic rings. The Hall–Kier alpha value is -4.06. The Kier molecular flexibility index (Phi) is 11.1. The highest BCUT2D eigenvalue weighted by molar-refractivity contribution is 6.38. The van der Waals surface area contributed by atoms with Crippen molar-refractivity contribution in [3.8, 4) is 0 Å². The van der Waals surface area contributed by atoms with E-state index in [1.807, 2.05) is 0 Å². The fraction of sp³-hybridized carbons (Fsp3) is 0.469. The molecule has 1 aliphatic carbocycles. The summed E-state index contributed by atoms with van der Waals surface area (Å²) in [5, 5.41) is 10.2. The van der Waals surface area contributed by atoms with Crippen LogP contribution in [0.3, 0.4) is 0 Å². The molecule has 45 heavy (non-hydrogen) atoms. The molecule has 0 bridgehead atoms. The van der Waals surface area contributed by atoms with Crippen LogP contribution in [-0.2, 0) is 29.8 Å². The van der Waals surface area contributed by atoms with Crippen LogP contribution in [0, 0.1) is 11.8 Å². The minimum atomic E-state index is -3.71. The normalized spacial score (nSPS) is 18.4. The first-order valence-corrected chi connectivity index (χ1v) is 15.3. The fourth-order valence-electron chi connectivity index (χ4n) is 5.11. The lowest BCUT2D eigenvalue weighted by Crippen LogP contribution is -2.55. The number of carbonyl (C=O) groups excluding carboxylic acids is 5. The molecule has 13 heteroatoms. The summed E-state index contributed by atoms with van der Waals surface area (Å²) in [4.78, 5) is 64.7. The highest BCUT2D eigenvalue weighted by Crippen LogP contribution is 2.43. The van der Waals surface area contributed by atoms with Gasteiger partial charge in [-0.3, -0.25) is 19.2 Å². The second-order valence-electron chi connectivity index (χ2n) is 11.8. The number of alkyl halides is 2. The Bertz CT molecular complexity index is 1410. The lowest BCUT2D eigenvalue weighted by Gasteiger charge is -2.29. The van der Waals surface area contributed by atoms with E-state index in [9.17, 15) is 24.0 Å². The first-order valence-electron chi connectivity index (χ1n) is 14.9. The van der Waals surface area contributed by atoms with Crippen LogP contribution in [0.25, 0.3) is 0 Å². The van der Waals surface area contributed by atoms with Crippen LogP contribution in [0.2, 0.25) is 5.02 Å². The van der Waals surface area contributed by atoms with E-state index in [1.165, 1.54) is 42.5 Å². The number of alkyl carbamates (subject to hydrolysis) is 1. The highest BCUT2D eigenvalue weighted by atomic mass is 35.5. The molecule has 4 atom stereocenters. The predicted molar refractivity (Wildman–Crippen MR) is 161 cm³/mol. The summed E-state index contributed by atoms with van der Waals surface area (Å²) in [6.45, 7) is 3.96. The van der Waals surface area contributed by atoms with E-state index in [-0.39, 0.29) is 41.3 Å². The van der Waals surface area contributed by atoms with Gasteiger partial charge in [-0.15, -0.1) is 0 Å². The lowest BCUT2D eigenvalue weighted by atomic mass is 9.94. The van der Waals surface area contributed by atoms with Crippen LogP contribution in [0.4, 0.5) is 13.6 Å². The fourth-order valence-corrected chi connectivity index (χ4v) is 5.30. The van der Waals surface area contributed by atoms with Crippen molar-refractivity contribution in [2.75, 3.05) is 6.54 Å². The molecule has 2 aromatic carbocycles. The molecule has 1 aliphatic heterocycles. The summed E-state index contributed by atoms with van der Waals surface area (Å²) < 4.78 is 37.0. The molecule has 1 saturated heterocycles. The van der Waals surface area contributed by atoms with E-state index in [1.54, 1.807) is 19.9 Å². The Balaban J connectivity index is 1.53. The van der Waals surface area contributed by atoms with Gasteiger partial charge in [0, 0.05) is 29.1 Å². The smallest absolute Gasteiger partial charge is 0.408 e. The summed E-state index contributed by atoms with van der Waals surface area (Å²) in [5.74, 6) is -7.38. The molecule has 1 saturated carbocycles. The van der Waals surface area contributed by atoms with Gasteiger partial charge < -0.3 is 26.0 Å². The Morgan fingerprint density at radius 3 is 2.31 bits per heavy atom. The van der Waals surface area contributed by atoms with Crippen LogP contribution >= 0.6 is 11.6 Å². The Morgan fingerprint density at radius 1 is 1.00 bits per heavy atom. The monoisotopic (exact) mass is 646 g/mol. The van der Waals surface area contributed by atoms with Gasteiger partial charge >= 0.3 is 12.0 Å². The Labute approximate surface area is 265 Å². The third kappa shape index (κ3) is 9.23. The number of benzene rings is 2. The number of Topliss-reactive ketones (excluding diaryl/α,β-unsaturated/α-hetero) is 1. The van der Waals surface area contributed by atoms with E-state index in [0.29, 0.717) is 13.0 Å². The molecule has 4 N–H and O–H groups in total. The van der Waals surface area contributed by atoms with Gasteiger partial charge in [0.25, 0.3) is 5.91 Å². The Morgan fingerprint density at radius 2 is 1.71 bits per heavy atom. The molecule has 0 spiro atoms. The van der Waals surface area contributed by atoms with Crippen molar-refractivity contribution in [1.82, 2.24) is 21.3 Å². The topological polar surface area (TPSA) is 143 Å². The maximum Gasteiger partial charge on any atom is 0.408 e. The highest BCUT2D eigenvalue weighted by Gasteiger charge is 2.46. The predicted octanol–water partition coefficient (Wildman–Crippen LogP) is 4.17. The van der Waals surface area contributed by atoms with Crippen molar-refractivity contribution in [1.29, 1.82) is 0 Å². The quantitative estimate of drug-likeness (QED) is 0.227. The second-order valence-corrected chi connectivity index (χ2v) is 12.3. The average molecular weight is 647 g/mol. The molecular weight excluding hydrogens is 610 g/mol. The SMILES string of the molecule is CC(C)C[C@H](NC(=O)O[C@H](c1ccccc1)C(F)(F)c1cccc(Cl)c1)C(=O)N[C@@H](C[C@@H]1CCNC1=O)C(=O)C(=O)NC1CC1. The maximum absolute atomic E-state index is 15.9. The van der Waals surface area contributed by atoms with Crippen LogP contribution in [0.1, 0.15) is 63.2 Å². The molecule has 4 amide bonds. The van der Waals surface area contributed by atoms with Gasteiger partial charge in [-0.2, -0.15) is 8.78 Å². The first-order chi connectivity index (χ1) is 21.3. The molecule has 10 nitrogen and oxygen atoms in total. The van der Waals surface area contributed by atoms with Crippen molar-refractivity contribution < 1.29 is 37.5 Å². The van der Waals surface area contributed by atoms with Gasteiger partial charge in [0.2, 0.25) is 17.6 Å². The zero-order valence-corrected chi connectivity index (χ0v) is 25.7. The van der Waals surface area contributed by atoms with Crippen molar-refractivity contribution in [3.05, 3.63) is 70.7 Å². The van der Waals surface area contributed by atoms with Crippen LogP contribution in [0.5, 0.6) is 0 Å². The molecule has 0 radical (unpaired) electrons. The largest absolute Gasteiger partial charge is 0.434 e. The molecule has 4 rings (SSSR count). The van der Waals surface area contributed by atoms with Crippen molar-refractivity contribution in [2.24, 2.45) is 11.8 Å². The van der Waals surface area contributed by atoms with Crippen molar-refractivity contribution in [2.45, 2.75) is 76.1 Å². The lowest BCUT2D eigenvalue weighted by molar-refractivity contribution is -0.141. The van der Waals surface area contributed by atoms with Crippen molar-refractivity contribution in [3.63, 3.8) is 0 Å². The van der Waals surface area contributed by atoms with Gasteiger partial charge in [0.1, 0.15) is 6.04 Å². The molecule has 242 valence electrons. The van der Waals surface area contributed by atoms with Gasteiger partial charge in [-0.1, -0.05) is 67.9 Å². The minimum absolute atomic E-state index is 0.00432. The average Bonchev–Trinajstić information content (AvgIpc) is 3.73. The molecule has 2 fully saturated rings. The number of halogens is 3. The van der Waals surface area contributed by atoms with Gasteiger partial charge in [-0.25, -0.2) is 4.79 Å². The molecule has 1 heterocycles. The van der Waals surface area contributed by atoms with E-state index in [2.05, 4.69) is 21.3 Å². The first kappa shape index (κ1) is 33.8. The zero-order valence-electron chi connectivity index (χ0n) is 25.0. The number of carbonyl (C=O) groups is 5. The van der Waals surface area contributed by atoms with Crippen LogP contribution in [-0.4, -0.2) is 54.3 Å². The zero-order chi connectivity index (χ0) is 32.7. The number of ketones is 1. The molecule has 0 aromatic heterocycles. The third-order valence-corrected chi connectivity index (χ3v) is 7.87. The third-order valence-electron chi connectivity index (χ3n) is 7.63.